The molecule has 1 heterocycles. The van der Waals surface area contributed by atoms with E-state index < -0.39 is 17.8 Å². The molecule has 3 aromatic carbocycles. The van der Waals surface area contributed by atoms with E-state index in [1.165, 1.54) is 24.3 Å². The molecule has 0 atom stereocenters. The minimum atomic E-state index is -0.868. The second-order valence-corrected chi connectivity index (χ2v) is 8.70. The fourth-order valence-corrected chi connectivity index (χ4v) is 4.10. The number of benzene rings is 3. The number of aryl methyl sites for hydroxylation is 1. The van der Waals surface area contributed by atoms with Gasteiger partial charge in [-0.3, -0.25) is 14.9 Å². The first-order chi connectivity index (χ1) is 16.2. The van der Waals surface area contributed by atoms with Crippen molar-refractivity contribution in [3.05, 3.63) is 98.0 Å². The molecule has 1 aliphatic rings. The maximum absolute atomic E-state index is 13.1. The molecular weight excluding hydrogens is 499 g/mol. The summed E-state index contributed by atoms with van der Waals surface area (Å²) < 4.78 is 5.75. The van der Waals surface area contributed by atoms with E-state index in [2.05, 4.69) is 5.32 Å². The number of nitrogens with zero attached hydrogens (tertiary/aromatic N) is 1. The lowest BCUT2D eigenvalue weighted by atomic mass is 10.1. The first kappa shape index (κ1) is 23.8. The number of nitrogens with one attached hydrogen (secondary N) is 1. The maximum Gasteiger partial charge on any atom is 0.335 e. The Labute approximate surface area is 210 Å². The van der Waals surface area contributed by atoms with Crippen LogP contribution >= 0.6 is 34.8 Å². The predicted octanol–water partition coefficient (Wildman–Crippen LogP) is 6.20. The van der Waals surface area contributed by atoms with Crippen LogP contribution in [0.2, 0.25) is 15.1 Å². The number of anilines is 1. The smallest absolute Gasteiger partial charge is 0.335 e. The monoisotopic (exact) mass is 514 g/mol. The van der Waals surface area contributed by atoms with Crippen molar-refractivity contribution in [3.8, 4) is 5.75 Å². The highest BCUT2D eigenvalue weighted by atomic mass is 35.5. The minimum Gasteiger partial charge on any atom is -0.486 e. The molecule has 34 heavy (non-hydrogen) atoms. The van der Waals surface area contributed by atoms with Gasteiger partial charge >= 0.3 is 6.03 Å². The second-order valence-electron chi connectivity index (χ2n) is 7.48. The molecule has 0 bridgehead atoms. The SMILES string of the molecule is Cc1ccc(N2C(=O)NC(=O)/C(=C/c3cc(Cl)c(OCc4ccccc4)c(Cl)c3)C2=O)cc1Cl. The largest absolute Gasteiger partial charge is 0.486 e. The summed E-state index contributed by atoms with van der Waals surface area (Å²) in [6.07, 6.45) is 1.31. The Bertz CT molecular complexity index is 1320. The van der Waals surface area contributed by atoms with Crippen LogP contribution in [0.1, 0.15) is 16.7 Å². The highest BCUT2D eigenvalue weighted by Gasteiger charge is 2.37. The molecule has 3 aromatic rings. The summed E-state index contributed by atoms with van der Waals surface area (Å²) in [5, 5.41) is 2.96. The number of carbonyl (C=O) groups excluding carboxylic acids is 3. The first-order valence-electron chi connectivity index (χ1n) is 10.1. The van der Waals surface area contributed by atoms with Crippen LogP contribution in [0.25, 0.3) is 6.08 Å². The summed E-state index contributed by atoms with van der Waals surface area (Å²) in [5.74, 6) is -1.36. The summed E-state index contributed by atoms with van der Waals surface area (Å²) in [4.78, 5) is 38.8. The van der Waals surface area contributed by atoms with Crippen LogP contribution in [0.5, 0.6) is 5.75 Å². The predicted molar refractivity (Wildman–Crippen MR) is 132 cm³/mol. The normalized spacial score (nSPS) is 15.0. The van der Waals surface area contributed by atoms with Gasteiger partial charge in [-0.1, -0.05) is 71.2 Å². The van der Waals surface area contributed by atoms with Crippen LogP contribution in [0.3, 0.4) is 0 Å². The van der Waals surface area contributed by atoms with E-state index >= 15 is 0 Å². The van der Waals surface area contributed by atoms with Crippen molar-refractivity contribution < 1.29 is 19.1 Å². The van der Waals surface area contributed by atoms with Crippen molar-refractivity contribution >= 4 is 64.4 Å². The average molecular weight is 516 g/mol. The summed E-state index contributed by atoms with van der Waals surface area (Å²) in [6, 6.07) is 16.4. The molecule has 1 N–H and O–H groups in total. The molecule has 0 radical (unpaired) electrons. The van der Waals surface area contributed by atoms with Crippen LogP contribution in [0, 0.1) is 6.92 Å². The summed E-state index contributed by atoms with van der Waals surface area (Å²) in [6.45, 7) is 2.05. The number of urea groups is 1. The molecule has 9 heteroatoms. The standard InChI is InChI=1S/C25H17Cl3N2O4/c1-14-7-8-17(12-19(14)26)30-24(32)18(23(31)29-25(30)33)9-16-10-20(27)22(21(28)11-16)34-13-15-5-3-2-4-6-15/h2-12H,13H2,1H3,(H,29,31,33)/b18-9-. The van der Waals surface area contributed by atoms with Crippen LogP contribution in [-0.4, -0.2) is 17.8 Å². The van der Waals surface area contributed by atoms with Crippen molar-refractivity contribution in [2.75, 3.05) is 4.90 Å². The molecule has 1 aliphatic heterocycles. The quantitative estimate of drug-likeness (QED) is 0.324. The van der Waals surface area contributed by atoms with Crippen molar-refractivity contribution in [1.82, 2.24) is 5.32 Å². The number of ether oxygens (including phenoxy) is 1. The van der Waals surface area contributed by atoms with E-state index in [1.807, 2.05) is 30.3 Å². The Balaban J connectivity index is 1.63. The van der Waals surface area contributed by atoms with Gasteiger partial charge in [0.1, 0.15) is 12.2 Å². The highest BCUT2D eigenvalue weighted by molar-refractivity contribution is 6.40. The lowest BCUT2D eigenvalue weighted by molar-refractivity contribution is -0.122. The molecule has 0 unspecified atom stereocenters. The van der Waals surface area contributed by atoms with E-state index in [9.17, 15) is 14.4 Å². The number of barbiturate groups is 1. The summed E-state index contributed by atoms with van der Waals surface area (Å²) in [5.41, 5.74) is 2.07. The molecule has 4 amide bonds. The number of hydrogen-bond donors (Lipinski definition) is 1. The van der Waals surface area contributed by atoms with E-state index in [0.717, 1.165) is 16.0 Å². The Hall–Kier alpha value is -3.32. The zero-order chi connectivity index (χ0) is 24.4. The Morgan fingerprint density at radius 2 is 1.59 bits per heavy atom. The highest BCUT2D eigenvalue weighted by Crippen LogP contribution is 2.36. The molecule has 6 nitrogen and oxygen atoms in total. The van der Waals surface area contributed by atoms with Crippen LogP contribution < -0.4 is 15.0 Å². The minimum absolute atomic E-state index is 0.206. The molecule has 0 saturated carbocycles. The van der Waals surface area contributed by atoms with Gasteiger partial charge in [-0.15, -0.1) is 0 Å². The van der Waals surface area contributed by atoms with Gasteiger partial charge in [-0.25, -0.2) is 9.69 Å². The number of amides is 4. The van der Waals surface area contributed by atoms with E-state index in [-0.39, 0.29) is 33.7 Å². The number of hydrogen-bond acceptors (Lipinski definition) is 4. The Morgan fingerprint density at radius 3 is 2.24 bits per heavy atom. The second kappa shape index (κ2) is 9.89. The summed E-state index contributed by atoms with van der Waals surface area (Å²) >= 11 is 18.9. The fraction of sp³-hybridized carbons (Fsp3) is 0.0800. The van der Waals surface area contributed by atoms with Crippen molar-refractivity contribution in [2.45, 2.75) is 13.5 Å². The Kier molecular flexibility index (Phi) is 6.93. The average Bonchev–Trinajstić information content (AvgIpc) is 2.79. The van der Waals surface area contributed by atoms with Crippen LogP contribution in [0.15, 0.2) is 66.2 Å². The van der Waals surface area contributed by atoms with E-state index in [4.69, 9.17) is 39.5 Å². The van der Waals surface area contributed by atoms with Crippen LogP contribution in [-0.2, 0) is 16.2 Å². The number of imide groups is 2. The molecule has 0 aromatic heterocycles. The molecule has 1 fully saturated rings. The van der Waals surface area contributed by atoms with E-state index in [0.29, 0.717) is 10.6 Å². The third-order valence-electron chi connectivity index (χ3n) is 5.07. The maximum atomic E-state index is 13.1. The molecule has 0 spiro atoms. The fourth-order valence-electron chi connectivity index (χ4n) is 3.31. The van der Waals surface area contributed by atoms with Crippen molar-refractivity contribution in [3.63, 3.8) is 0 Å². The van der Waals surface area contributed by atoms with Crippen molar-refractivity contribution in [1.29, 1.82) is 0 Å². The van der Waals surface area contributed by atoms with Gasteiger partial charge in [-0.2, -0.15) is 0 Å². The first-order valence-corrected chi connectivity index (χ1v) is 11.2. The third-order valence-corrected chi connectivity index (χ3v) is 6.04. The summed E-state index contributed by atoms with van der Waals surface area (Å²) in [7, 11) is 0. The van der Waals surface area contributed by atoms with Gasteiger partial charge in [0.25, 0.3) is 11.8 Å². The molecular formula is C25H17Cl3N2O4. The lowest BCUT2D eigenvalue weighted by Gasteiger charge is -2.26. The number of halogens is 3. The van der Waals surface area contributed by atoms with Gasteiger partial charge in [0, 0.05) is 5.02 Å². The topological polar surface area (TPSA) is 75.7 Å². The third kappa shape index (κ3) is 4.94. The molecule has 1 saturated heterocycles. The van der Waals surface area contributed by atoms with Gasteiger partial charge in [-0.05, 0) is 54.0 Å². The molecule has 4 rings (SSSR count). The number of rotatable bonds is 5. The lowest BCUT2D eigenvalue weighted by Crippen LogP contribution is -2.54. The van der Waals surface area contributed by atoms with Crippen LogP contribution in [0.4, 0.5) is 10.5 Å². The van der Waals surface area contributed by atoms with Gasteiger partial charge in [0.15, 0.2) is 5.75 Å². The van der Waals surface area contributed by atoms with Gasteiger partial charge in [0.2, 0.25) is 0 Å². The van der Waals surface area contributed by atoms with E-state index in [1.54, 1.807) is 19.1 Å². The van der Waals surface area contributed by atoms with Crippen molar-refractivity contribution in [2.24, 2.45) is 0 Å². The van der Waals surface area contributed by atoms with Gasteiger partial charge in [0.05, 0.1) is 15.7 Å². The zero-order valence-electron chi connectivity index (χ0n) is 17.8. The zero-order valence-corrected chi connectivity index (χ0v) is 20.0. The molecule has 172 valence electrons. The Morgan fingerprint density at radius 1 is 0.912 bits per heavy atom. The number of carbonyl (C=O) groups is 3. The van der Waals surface area contributed by atoms with Gasteiger partial charge < -0.3 is 4.74 Å². The molecule has 0 aliphatic carbocycles.